The Morgan fingerprint density at radius 1 is 1.36 bits per heavy atom. The third-order valence-corrected chi connectivity index (χ3v) is 4.78. The van der Waals surface area contributed by atoms with Crippen molar-refractivity contribution in [2.45, 2.75) is 66.0 Å². The van der Waals surface area contributed by atoms with Gasteiger partial charge in [0.2, 0.25) is 0 Å². The van der Waals surface area contributed by atoms with Crippen molar-refractivity contribution in [2.24, 2.45) is 0 Å². The molecule has 1 atom stereocenters. The van der Waals surface area contributed by atoms with Crippen LogP contribution < -0.4 is 15.8 Å². The van der Waals surface area contributed by atoms with Gasteiger partial charge in [0.25, 0.3) is 5.56 Å². The number of nitrogens with one attached hydrogen (secondary N) is 1. The molecule has 7 heteroatoms. The van der Waals surface area contributed by atoms with E-state index >= 15 is 0 Å². The highest BCUT2D eigenvalue weighted by Gasteiger charge is 2.25. The summed E-state index contributed by atoms with van der Waals surface area (Å²) < 4.78 is 1.58. The summed E-state index contributed by atoms with van der Waals surface area (Å²) in [6.07, 6.45) is 2.76. The minimum atomic E-state index is -0.853. The number of carbonyl (C=O) groups is 1. The van der Waals surface area contributed by atoms with Gasteiger partial charge in [0.05, 0.1) is 6.42 Å². The molecule has 0 bridgehead atoms. The highest BCUT2D eigenvalue weighted by Crippen LogP contribution is 2.24. The van der Waals surface area contributed by atoms with E-state index in [0.29, 0.717) is 11.5 Å². The van der Waals surface area contributed by atoms with Gasteiger partial charge >= 0.3 is 5.97 Å². The summed E-state index contributed by atoms with van der Waals surface area (Å²) in [5.74, 6) is -0.176. The molecule has 7 nitrogen and oxygen atoms in total. The Bertz CT molecular complexity index is 904. The Morgan fingerprint density at radius 2 is 2.04 bits per heavy atom. The number of aryl methyl sites for hydroxylation is 1. The highest BCUT2D eigenvalue weighted by molar-refractivity contribution is 5.68. The van der Waals surface area contributed by atoms with Gasteiger partial charge < -0.3 is 15.3 Å². The van der Waals surface area contributed by atoms with E-state index in [1.807, 2.05) is 40.7 Å². The van der Waals surface area contributed by atoms with E-state index in [0.717, 1.165) is 30.6 Å². The van der Waals surface area contributed by atoms with Crippen LogP contribution in [0.2, 0.25) is 0 Å². The molecule has 1 unspecified atom stereocenters. The number of fused-ring (bicyclic) bond motifs is 1. The minimum absolute atomic E-state index is 0.000171. The minimum Gasteiger partial charge on any atom is -0.481 e. The monoisotopic (exact) mass is 388 g/mol. The topological polar surface area (TPSA) is 86.9 Å². The third-order valence-electron chi connectivity index (χ3n) is 4.78. The molecule has 0 aliphatic rings. The smallest absolute Gasteiger partial charge is 0.305 e. The van der Waals surface area contributed by atoms with Gasteiger partial charge in [-0.15, -0.1) is 0 Å². The van der Waals surface area contributed by atoms with Gasteiger partial charge in [0, 0.05) is 42.5 Å². The van der Waals surface area contributed by atoms with Crippen LogP contribution in [0.3, 0.4) is 0 Å². The number of hydrogen-bond donors (Lipinski definition) is 2. The summed E-state index contributed by atoms with van der Waals surface area (Å²) in [5.41, 5.74) is 1.72. The number of pyridine rings is 1. The number of rotatable bonds is 9. The van der Waals surface area contributed by atoms with Crippen LogP contribution in [0.1, 0.15) is 64.6 Å². The Hall–Kier alpha value is -2.41. The Labute approximate surface area is 166 Å². The maximum absolute atomic E-state index is 12.8. The number of aromatic nitrogens is 2. The van der Waals surface area contributed by atoms with Gasteiger partial charge in [-0.05, 0) is 52.7 Å². The second-order valence-corrected chi connectivity index (χ2v) is 8.02. The van der Waals surface area contributed by atoms with Crippen molar-refractivity contribution < 1.29 is 9.90 Å². The summed E-state index contributed by atoms with van der Waals surface area (Å²) in [6.45, 7) is 13.4. The summed E-state index contributed by atoms with van der Waals surface area (Å²) in [7, 11) is 0. The lowest BCUT2D eigenvalue weighted by Gasteiger charge is -2.30. The van der Waals surface area contributed by atoms with Gasteiger partial charge in [-0.1, -0.05) is 6.92 Å². The van der Waals surface area contributed by atoms with Crippen molar-refractivity contribution in [1.82, 2.24) is 14.7 Å². The zero-order valence-corrected chi connectivity index (χ0v) is 17.7. The summed E-state index contributed by atoms with van der Waals surface area (Å²) >= 11 is 0. The lowest BCUT2D eigenvalue weighted by atomic mass is 9.97. The number of carboxylic acids is 1. The van der Waals surface area contributed by atoms with Crippen molar-refractivity contribution in [3.63, 3.8) is 0 Å². The molecule has 0 radical (unpaired) electrons. The molecule has 0 fully saturated rings. The van der Waals surface area contributed by atoms with Crippen LogP contribution in [0.4, 0.5) is 5.82 Å². The second-order valence-electron chi connectivity index (χ2n) is 8.02. The first kappa shape index (κ1) is 21.9. The molecule has 2 N–H and O–H groups in total. The molecule has 0 aliphatic heterocycles. The lowest BCUT2D eigenvalue weighted by molar-refractivity contribution is -0.138. The van der Waals surface area contributed by atoms with Gasteiger partial charge in [-0.3, -0.25) is 14.0 Å². The van der Waals surface area contributed by atoms with Crippen molar-refractivity contribution in [2.75, 3.05) is 18.0 Å². The van der Waals surface area contributed by atoms with Crippen LogP contribution in [0.25, 0.3) is 5.65 Å². The van der Waals surface area contributed by atoms with E-state index < -0.39 is 11.5 Å². The normalized spacial score (nSPS) is 12.9. The van der Waals surface area contributed by atoms with Gasteiger partial charge in [0.15, 0.2) is 0 Å². The van der Waals surface area contributed by atoms with Crippen molar-refractivity contribution in [3.05, 3.63) is 39.8 Å². The van der Waals surface area contributed by atoms with E-state index in [1.54, 1.807) is 16.7 Å². The number of anilines is 1. The number of nitrogens with zero attached hydrogens (tertiary/aromatic N) is 3. The molecular formula is C21H32N4O3. The number of hydrogen-bond acceptors (Lipinski definition) is 5. The predicted octanol–water partition coefficient (Wildman–Crippen LogP) is 3.14. The van der Waals surface area contributed by atoms with Crippen LogP contribution >= 0.6 is 0 Å². The van der Waals surface area contributed by atoms with E-state index in [9.17, 15) is 9.59 Å². The molecule has 0 aromatic carbocycles. The van der Waals surface area contributed by atoms with Gasteiger partial charge in [-0.25, -0.2) is 4.98 Å². The standard InChI is InChI=1S/C21H32N4O3/c1-7-9-24(8-2)17-11-18(26)25-13-14(3)10-16(20(25)22-17)15(4)23-21(5,6)12-19(27)28/h10-11,13,15,23H,7-9,12H2,1-6H3,(H,27,28). The first-order chi connectivity index (χ1) is 13.1. The van der Waals surface area contributed by atoms with Crippen LogP contribution in [0, 0.1) is 6.92 Å². The van der Waals surface area contributed by atoms with Gasteiger partial charge in [-0.2, -0.15) is 0 Å². The first-order valence-corrected chi connectivity index (χ1v) is 9.86. The van der Waals surface area contributed by atoms with Crippen LogP contribution in [0.5, 0.6) is 0 Å². The SMILES string of the molecule is CCCN(CC)c1cc(=O)n2cc(C)cc(C(C)NC(C)(C)CC(=O)O)c2n1. The fourth-order valence-electron chi connectivity index (χ4n) is 3.64. The zero-order chi connectivity index (χ0) is 21.1. The fraction of sp³-hybridized carbons (Fsp3) is 0.571. The first-order valence-electron chi connectivity index (χ1n) is 9.86. The van der Waals surface area contributed by atoms with Crippen LogP contribution in [-0.2, 0) is 4.79 Å². The molecule has 2 heterocycles. The second kappa shape index (κ2) is 8.73. The van der Waals surface area contributed by atoms with E-state index in [1.165, 1.54) is 0 Å². The largest absolute Gasteiger partial charge is 0.481 e. The molecule has 154 valence electrons. The van der Waals surface area contributed by atoms with Gasteiger partial charge in [0.1, 0.15) is 11.5 Å². The molecule has 0 spiro atoms. The molecule has 28 heavy (non-hydrogen) atoms. The van der Waals surface area contributed by atoms with Crippen LogP contribution in [0.15, 0.2) is 23.1 Å². The fourth-order valence-corrected chi connectivity index (χ4v) is 3.64. The molecule has 0 saturated carbocycles. The maximum Gasteiger partial charge on any atom is 0.305 e. The van der Waals surface area contributed by atoms with Crippen LogP contribution in [-0.4, -0.2) is 39.1 Å². The number of carboxylic acid groups (broad SMARTS) is 1. The molecule has 0 amide bonds. The number of aliphatic carboxylic acids is 1. The van der Waals surface area contributed by atoms with E-state index in [2.05, 4.69) is 17.1 Å². The molecule has 2 aromatic heterocycles. The zero-order valence-electron chi connectivity index (χ0n) is 17.7. The Morgan fingerprint density at radius 3 is 2.61 bits per heavy atom. The summed E-state index contributed by atoms with van der Waals surface area (Å²) in [6, 6.07) is 3.42. The average Bonchev–Trinajstić information content (AvgIpc) is 2.57. The molecule has 2 aromatic rings. The molecular weight excluding hydrogens is 356 g/mol. The van der Waals surface area contributed by atoms with E-state index in [-0.39, 0.29) is 18.0 Å². The summed E-state index contributed by atoms with van der Waals surface area (Å²) in [5, 5.41) is 12.5. The van der Waals surface area contributed by atoms with Crippen molar-refractivity contribution in [1.29, 1.82) is 0 Å². The van der Waals surface area contributed by atoms with Crippen molar-refractivity contribution in [3.8, 4) is 0 Å². The molecule has 0 saturated heterocycles. The highest BCUT2D eigenvalue weighted by atomic mass is 16.4. The quantitative estimate of drug-likeness (QED) is 0.686. The molecule has 0 aliphatic carbocycles. The van der Waals surface area contributed by atoms with E-state index in [4.69, 9.17) is 10.1 Å². The summed E-state index contributed by atoms with van der Waals surface area (Å²) in [4.78, 5) is 30.8. The third kappa shape index (κ3) is 5.10. The maximum atomic E-state index is 12.8. The molecule has 2 rings (SSSR count). The average molecular weight is 389 g/mol. The Balaban J connectivity index is 2.56. The van der Waals surface area contributed by atoms with Crippen molar-refractivity contribution >= 4 is 17.4 Å². The Kier molecular flexibility index (Phi) is 6.82. The lowest BCUT2D eigenvalue weighted by Crippen LogP contribution is -2.42. The predicted molar refractivity (Wildman–Crippen MR) is 112 cm³/mol.